The van der Waals surface area contributed by atoms with Crippen molar-refractivity contribution in [2.45, 2.75) is 5.03 Å². The quantitative estimate of drug-likeness (QED) is 0.941. The van der Waals surface area contributed by atoms with Crippen LogP contribution in [0.25, 0.3) is 0 Å². The molecule has 2 heterocycles. The molecule has 88 valence electrons. The fourth-order valence-corrected chi connectivity index (χ4v) is 2.44. The van der Waals surface area contributed by atoms with Gasteiger partial charge in [0, 0.05) is 16.9 Å². The summed E-state index contributed by atoms with van der Waals surface area (Å²) in [6.07, 6.45) is 2.92. The number of halogens is 1. The van der Waals surface area contributed by atoms with Crippen molar-refractivity contribution in [1.29, 1.82) is 0 Å². The van der Waals surface area contributed by atoms with E-state index in [0.29, 0.717) is 0 Å². The van der Waals surface area contributed by atoms with Crippen LogP contribution >= 0.6 is 15.9 Å². The number of rotatable bonds is 3. The molecule has 0 atom stereocenters. The summed E-state index contributed by atoms with van der Waals surface area (Å²) in [6.45, 7) is 0. The Morgan fingerprint density at radius 1 is 1.12 bits per heavy atom. The van der Waals surface area contributed by atoms with E-state index in [4.69, 9.17) is 0 Å². The van der Waals surface area contributed by atoms with Crippen LogP contribution < -0.4 is 4.72 Å². The summed E-state index contributed by atoms with van der Waals surface area (Å²) < 4.78 is 26.9. The highest BCUT2D eigenvalue weighted by Gasteiger charge is 2.15. The summed E-state index contributed by atoms with van der Waals surface area (Å²) in [6, 6.07) is 7.95. The van der Waals surface area contributed by atoms with Crippen molar-refractivity contribution in [1.82, 2.24) is 9.97 Å². The second-order valence-corrected chi connectivity index (χ2v) is 5.68. The largest absolute Gasteiger partial charge is 0.280 e. The van der Waals surface area contributed by atoms with E-state index in [1.165, 1.54) is 18.5 Å². The van der Waals surface area contributed by atoms with Crippen LogP contribution in [0.1, 0.15) is 0 Å². The molecule has 0 spiro atoms. The van der Waals surface area contributed by atoms with Gasteiger partial charge in [0.1, 0.15) is 5.82 Å². The summed E-state index contributed by atoms with van der Waals surface area (Å²) in [5.41, 5.74) is 0. The highest BCUT2D eigenvalue weighted by atomic mass is 79.9. The molecule has 2 aromatic heterocycles. The number of nitrogens with one attached hydrogen (secondary N) is 1. The highest BCUT2D eigenvalue weighted by Crippen LogP contribution is 2.16. The lowest BCUT2D eigenvalue weighted by Gasteiger charge is -2.06. The number of anilines is 1. The summed E-state index contributed by atoms with van der Waals surface area (Å²) in [5.74, 6) is 0.241. The Bertz CT molecular complexity index is 616. The highest BCUT2D eigenvalue weighted by molar-refractivity contribution is 9.10. The molecular formula is C10H8BrN3O2S. The standard InChI is InChI=1S/C10H8BrN3O2S/c11-8-4-6-12-9(7-8)14-17(15,16)10-3-1-2-5-13-10/h1-7H,(H,12,14). The zero-order chi connectivity index (χ0) is 12.3. The van der Waals surface area contributed by atoms with Crippen LogP contribution in [-0.2, 0) is 10.0 Å². The van der Waals surface area contributed by atoms with Gasteiger partial charge >= 0.3 is 0 Å². The average Bonchev–Trinajstić information content (AvgIpc) is 2.29. The molecular weight excluding hydrogens is 306 g/mol. The molecule has 2 aromatic rings. The number of hydrogen-bond donors (Lipinski definition) is 1. The van der Waals surface area contributed by atoms with Crippen LogP contribution in [0.3, 0.4) is 0 Å². The van der Waals surface area contributed by atoms with E-state index >= 15 is 0 Å². The van der Waals surface area contributed by atoms with Crippen LogP contribution in [0.15, 0.2) is 52.2 Å². The van der Waals surface area contributed by atoms with Gasteiger partial charge in [-0.05, 0) is 24.3 Å². The van der Waals surface area contributed by atoms with Gasteiger partial charge in [-0.2, -0.15) is 8.42 Å². The van der Waals surface area contributed by atoms with Gasteiger partial charge in [-0.15, -0.1) is 0 Å². The molecule has 0 saturated carbocycles. The van der Waals surface area contributed by atoms with E-state index in [1.807, 2.05) is 0 Å². The second kappa shape index (κ2) is 4.80. The number of aromatic nitrogens is 2. The van der Waals surface area contributed by atoms with Crippen LogP contribution in [0, 0.1) is 0 Å². The summed E-state index contributed by atoms with van der Waals surface area (Å²) in [7, 11) is -3.67. The minimum Gasteiger partial charge on any atom is -0.262 e. The van der Waals surface area contributed by atoms with E-state index in [-0.39, 0.29) is 10.8 Å². The Morgan fingerprint density at radius 3 is 2.59 bits per heavy atom. The maximum Gasteiger partial charge on any atom is 0.280 e. The smallest absolute Gasteiger partial charge is 0.262 e. The minimum absolute atomic E-state index is 0.0400. The molecule has 0 aliphatic heterocycles. The second-order valence-electron chi connectivity index (χ2n) is 3.13. The molecule has 5 nitrogen and oxygen atoms in total. The molecule has 1 N–H and O–H groups in total. The molecule has 0 fully saturated rings. The van der Waals surface area contributed by atoms with Gasteiger partial charge < -0.3 is 0 Å². The Balaban J connectivity index is 2.30. The molecule has 0 amide bonds. The van der Waals surface area contributed by atoms with E-state index in [0.717, 1.165) is 4.47 Å². The molecule has 2 rings (SSSR count). The molecule has 0 saturated heterocycles. The van der Waals surface area contributed by atoms with Crippen molar-refractivity contribution >= 4 is 31.8 Å². The third-order valence-corrected chi connectivity index (χ3v) is 3.64. The third kappa shape index (κ3) is 3.01. The van der Waals surface area contributed by atoms with Crippen molar-refractivity contribution in [3.05, 3.63) is 47.2 Å². The predicted molar refractivity (Wildman–Crippen MR) is 67.0 cm³/mol. The maximum absolute atomic E-state index is 11.9. The Labute approximate surface area is 107 Å². The Hall–Kier alpha value is -1.47. The molecule has 0 bridgehead atoms. The summed E-state index contributed by atoms with van der Waals surface area (Å²) in [4.78, 5) is 7.68. The topological polar surface area (TPSA) is 72.0 Å². The lowest BCUT2D eigenvalue weighted by atomic mass is 10.5. The first kappa shape index (κ1) is 12.0. The Kier molecular flexibility index (Phi) is 3.39. The third-order valence-electron chi connectivity index (χ3n) is 1.87. The summed E-state index contributed by atoms with van der Waals surface area (Å²) >= 11 is 3.24. The van der Waals surface area contributed by atoms with Gasteiger partial charge in [-0.25, -0.2) is 9.97 Å². The molecule has 0 unspecified atom stereocenters. The van der Waals surface area contributed by atoms with Crippen LogP contribution in [0.5, 0.6) is 0 Å². The molecule has 0 aromatic carbocycles. The molecule has 7 heteroatoms. The van der Waals surface area contributed by atoms with Gasteiger partial charge in [0.05, 0.1) is 0 Å². The van der Waals surface area contributed by atoms with Crippen molar-refractivity contribution in [2.75, 3.05) is 4.72 Å². The minimum atomic E-state index is -3.67. The molecule has 0 aliphatic carbocycles. The lowest BCUT2D eigenvalue weighted by Crippen LogP contribution is -2.15. The van der Waals surface area contributed by atoms with E-state index in [1.54, 1.807) is 24.3 Å². The van der Waals surface area contributed by atoms with E-state index in [2.05, 4.69) is 30.6 Å². The lowest BCUT2D eigenvalue weighted by molar-refractivity contribution is 0.597. The molecule has 0 aliphatic rings. The number of sulfonamides is 1. The zero-order valence-electron chi connectivity index (χ0n) is 8.54. The zero-order valence-corrected chi connectivity index (χ0v) is 10.9. The molecule has 0 radical (unpaired) electrons. The fourth-order valence-electron chi connectivity index (χ4n) is 1.16. The van der Waals surface area contributed by atoms with Gasteiger partial charge in [0.25, 0.3) is 10.0 Å². The first-order valence-corrected chi connectivity index (χ1v) is 6.91. The van der Waals surface area contributed by atoms with Crippen molar-refractivity contribution in [2.24, 2.45) is 0 Å². The van der Waals surface area contributed by atoms with Gasteiger partial charge in [0.2, 0.25) is 0 Å². The number of hydrogen-bond acceptors (Lipinski definition) is 4. The summed E-state index contributed by atoms with van der Waals surface area (Å²) in [5, 5.41) is -0.0400. The number of nitrogens with zero attached hydrogens (tertiary/aromatic N) is 2. The monoisotopic (exact) mass is 313 g/mol. The predicted octanol–water partition coefficient (Wildman–Crippen LogP) is 2.04. The van der Waals surface area contributed by atoms with Crippen LogP contribution in [0.4, 0.5) is 5.82 Å². The van der Waals surface area contributed by atoms with Crippen LogP contribution in [0.2, 0.25) is 0 Å². The van der Waals surface area contributed by atoms with Crippen molar-refractivity contribution < 1.29 is 8.42 Å². The van der Waals surface area contributed by atoms with E-state index in [9.17, 15) is 8.42 Å². The first-order valence-electron chi connectivity index (χ1n) is 4.63. The van der Waals surface area contributed by atoms with Crippen LogP contribution in [-0.4, -0.2) is 18.4 Å². The van der Waals surface area contributed by atoms with Gasteiger partial charge in [-0.3, -0.25) is 4.72 Å². The number of pyridine rings is 2. The fraction of sp³-hybridized carbons (Fsp3) is 0. The Morgan fingerprint density at radius 2 is 1.94 bits per heavy atom. The normalized spacial score (nSPS) is 11.1. The maximum atomic E-state index is 11.9. The van der Waals surface area contributed by atoms with Crippen molar-refractivity contribution in [3.63, 3.8) is 0 Å². The van der Waals surface area contributed by atoms with Gasteiger partial charge in [-0.1, -0.05) is 22.0 Å². The molecule has 17 heavy (non-hydrogen) atoms. The SMILES string of the molecule is O=S(=O)(Nc1cc(Br)ccn1)c1ccccn1. The van der Waals surface area contributed by atoms with Crippen molar-refractivity contribution in [3.8, 4) is 0 Å². The average molecular weight is 314 g/mol. The van der Waals surface area contributed by atoms with Gasteiger partial charge in [0.15, 0.2) is 5.03 Å². The van der Waals surface area contributed by atoms with E-state index < -0.39 is 10.0 Å². The first-order chi connectivity index (χ1) is 8.08.